The first kappa shape index (κ1) is 14.7. The summed E-state index contributed by atoms with van der Waals surface area (Å²) in [5, 5.41) is 0. The highest BCUT2D eigenvalue weighted by Crippen LogP contribution is 2.35. The standard InChI is InChI=1S/C18H25NO2/c20-18-7-6-16(15-4-2-1-3-5-15)14-17(18)8-9-19-10-12-21-13-11-19/h1-5,16-17H,6-14H2. The van der Waals surface area contributed by atoms with Crippen molar-refractivity contribution in [3.05, 3.63) is 35.9 Å². The first-order chi connectivity index (χ1) is 10.3. The third kappa shape index (κ3) is 3.92. The van der Waals surface area contributed by atoms with Gasteiger partial charge in [-0.05, 0) is 37.3 Å². The molecule has 2 fully saturated rings. The minimum absolute atomic E-state index is 0.256. The van der Waals surface area contributed by atoms with Crippen LogP contribution in [0.2, 0.25) is 0 Å². The van der Waals surface area contributed by atoms with Crippen molar-refractivity contribution in [2.45, 2.75) is 31.6 Å². The molecule has 3 nitrogen and oxygen atoms in total. The van der Waals surface area contributed by atoms with Gasteiger partial charge in [-0.1, -0.05) is 30.3 Å². The van der Waals surface area contributed by atoms with E-state index >= 15 is 0 Å². The average molecular weight is 287 g/mol. The molecule has 114 valence electrons. The van der Waals surface area contributed by atoms with E-state index in [1.165, 1.54) is 5.56 Å². The summed E-state index contributed by atoms with van der Waals surface area (Å²) in [6, 6.07) is 10.7. The van der Waals surface area contributed by atoms with Gasteiger partial charge in [-0.2, -0.15) is 0 Å². The monoisotopic (exact) mass is 287 g/mol. The fraction of sp³-hybridized carbons (Fsp3) is 0.611. The molecule has 1 saturated carbocycles. The zero-order valence-electron chi connectivity index (χ0n) is 12.7. The largest absolute Gasteiger partial charge is 0.379 e. The van der Waals surface area contributed by atoms with Crippen LogP contribution in [0, 0.1) is 5.92 Å². The van der Waals surface area contributed by atoms with E-state index in [0.29, 0.717) is 11.7 Å². The first-order valence-corrected chi connectivity index (χ1v) is 8.20. The van der Waals surface area contributed by atoms with Crippen LogP contribution < -0.4 is 0 Å². The Morgan fingerprint density at radius 2 is 1.90 bits per heavy atom. The van der Waals surface area contributed by atoms with Crippen LogP contribution in [-0.4, -0.2) is 43.5 Å². The fourth-order valence-corrected chi connectivity index (χ4v) is 3.58. The summed E-state index contributed by atoms with van der Waals surface area (Å²) in [4.78, 5) is 14.6. The van der Waals surface area contributed by atoms with Crippen LogP contribution in [0.1, 0.15) is 37.2 Å². The maximum Gasteiger partial charge on any atom is 0.136 e. The number of ketones is 1. The van der Waals surface area contributed by atoms with Gasteiger partial charge in [0.1, 0.15) is 5.78 Å². The highest BCUT2D eigenvalue weighted by atomic mass is 16.5. The Hall–Kier alpha value is -1.19. The molecule has 1 aliphatic carbocycles. The average Bonchev–Trinajstić information content (AvgIpc) is 2.56. The normalized spacial score (nSPS) is 27.7. The molecule has 3 heteroatoms. The molecule has 0 spiro atoms. The number of ether oxygens (including phenoxy) is 1. The summed E-state index contributed by atoms with van der Waals surface area (Å²) in [6.45, 7) is 4.75. The minimum Gasteiger partial charge on any atom is -0.379 e. The number of hydrogen-bond donors (Lipinski definition) is 0. The Labute approximate surface area is 127 Å². The lowest BCUT2D eigenvalue weighted by Gasteiger charge is -2.31. The van der Waals surface area contributed by atoms with Crippen molar-refractivity contribution in [3.8, 4) is 0 Å². The van der Waals surface area contributed by atoms with Gasteiger partial charge in [0.05, 0.1) is 13.2 Å². The molecule has 1 aromatic rings. The van der Waals surface area contributed by atoms with Crippen LogP contribution in [0.3, 0.4) is 0 Å². The zero-order valence-corrected chi connectivity index (χ0v) is 12.7. The van der Waals surface area contributed by atoms with Crippen molar-refractivity contribution < 1.29 is 9.53 Å². The van der Waals surface area contributed by atoms with Crippen molar-refractivity contribution in [3.63, 3.8) is 0 Å². The predicted octanol–water partition coefficient (Wildman–Crippen LogP) is 2.86. The second kappa shape index (κ2) is 7.19. The summed E-state index contributed by atoms with van der Waals surface area (Å²) in [5.41, 5.74) is 1.40. The van der Waals surface area contributed by atoms with Gasteiger partial charge in [0.15, 0.2) is 0 Å². The van der Waals surface area contributed by atoms with Gasteiger partial charge in [-0.25, -0.2) is 0 Å². The number of morpholine rings is 1. The minimum atomic E-state index is 0.256. The molecule has 0 bridgehead atoms. The highest BCUT2D eigenvalue weighted by molar-refractivity contribution is 5.82. The summed E-state index contributed by atoms with van der Waals surface area (Å²) in [5.74, 6) is 1.31. The van der Waals surface area contributed by atoms with E-state index in [1.807, 2.05) is 0 Å². The van der Waals surface area contributed by atoms with Gasteiger partial charge in [-0.15, -0.1) is 0 Å². The zero-order chi connectivity index (χ0) is 14.5. The molecule has 2 unspecified atom stereocenters. The van der Waals surface area contributed by atoms with Gasteiger partial charge in [0.25, 0.3) is 0 Å². The van der Waals surface area contributed by atoms with Crippen molar-refractivity contribution in [1.29, 1.82) is 0 Å². The summed E-state index contributed by atoms with van der Waals surface area (Å²) in [7, 11) is 0. The quantitative estimate of drug-likeness (QED) is 0.853. The maximum atomic E-state index is 12.2. The summed E-state index contributed by atoms with van der Waals surface area (Å²) >= 11 is 0. The molecule has 1 heterocycles. The molecule has 1 aliphatic heterocycles. The van der Waals surface area contributed by atoms with E-state index in [0.717, 1.165) is 58.5 Å². The lowest BCUT2D eigenvalue weighted by Crippen LogP contribution is -2.38. The molecule has 0 radical (unpaired) electrons. The van der Waals surface area contributed by atoms with Crippen molar-refractivity contribution >= 4 is 5.78 Å². The van der Waals surface area contributed by atoms with Gasteiger partial charge in [0.2, 0.25) is 0 Å². The van der Waals surface area contributed by atoms with Crippen molar-refractivity contribution in [2.24, 2.45) is 5.92 Å². The number of hydrogen-bond acceptors (Lipinski definition) is 3. The summed E-state index contributed by atoms with van der Waals surface area (Å²) in [6.07, 6.45) is 3.83. The van der Waals surface area contributed by atoms with E-state index in [2.05, 4.69) is 35.2 Å². The van der Waals surface area contributed by atoms with E-state index in [1.54, 1.807) is 0 Å². The van der Waals surface area contributed by atoms with Crippen LogP contribution in [0.5, 0.6) is 0 Å². The highest BCUT2D eigenvalue weighted by Gasteiger charge is 2.29. The lowest BCUT2D eigenvalue weighted by molar-refractivity contribution is -0.125. The SMILES string of the molecule is O=C1CCC(c2ccccc2)CC1CCN1CCOCC1. The third-order valence-electron chi connectivity index (χ3n) is 4.93. The van der Waals surface area contributed by atoms with Gasteiger partial charge in [-0.3, -0.25) is 9.69 Å². The Morgan fingerprint density at radius 3 is 2.67 bits per heavy atom. The predicted molar refractivity (Wildman–Crippen MR) is 83.4 cm³/mol. The topological polar surface area (TPSA) is 29.5 Å². The van der Waals surface area contributed by atoms with Crippen LogP contribution in [0.4, 0.5) is 0 Å². The van der Waals surface area contributed by atoms with Crippen molar-refractivity contribution in [1.82, 2.24) is 4.90 Å². The van der Waals surface area contributed by atoms with Gasteiger partial charge >= 0.3 is 0 Å². The first-order valence-electron chi connectivity index (χ1n) is 8.20. The number of nitrogens with zero attached hydrogens (tertiary/aromatic N) is 1. The Kier molecular flexibility index (Phi) is 5.04. The molecule has 21 heavy (non-hydrogen) atoms. The van der Waals surface area contributed by atoms with Gasteiger partial charge < -0.3 is 4.74 Å². The Morgan fingerprint density at radius 1 is 1.14 bits per heavy atom. The Balaban J connectivity index is 1.55. The number of benzene rings is 1. The second-order valence-electron chi connectivity index (χ2n) is 6.29. The molecule has 2 atom stereocenters. The van der Waals surface area contributed by atoms with Crippen LogP contribution in [-0.2, 0) is 9.53 Å². The van der Waals surface area contributed by atoms with E-state index in [-0.39, 0.29) is 5.92 Å². The van der Waals surface area contributed by atoms with E-state index in [9.17, 15) is 4.79 Å². The number of carbonyl (C=O) groups is 1. The fourth-order valence-electron chi connectivity index (χ4n) is 3.58. The summed E-state index contributed by atoms with van der Waals surface area (Å²) < 4.78 is 5.38. The van der Waals surface area contributed by atoms with Crippen molar-refractivity contribution in [2.75, 3.05) is 32.8 Å². The van der Waals surface area contributed by atoms with Crippen LogP contribution in [0.25, 0.3) is 0 Å². The molecule has 0 N–H and O–H groups in total. The molecular weight excluding hydrogens is 262 g/mol. The lowest BCUT2D eigenvalue weighted by atomic mass is 9.76. The van der Waals surface area contributed by atoms with E-state index in [4.69, 9.17) is 4.74 Å². The molecule has 1 saturated heterocycles. The second-order valence-corrected chi connectivity index (χ2v) is 6.29. The molecule has 0 aromatic heterocycles. The maximum absolute atomic E-state index is 12.2. The van der Waals surface area contributed by atoms with E-state index < -0.39 is 0 Å². The molecule has 1 aromatic carbocycles. The number of Topliss-reactive ketones (excluding diaryl/α,β-unsaturated/α-hetero) is 1. The van der Waals surface area contributed by atoms with Crippen LogP contribution in [0.15, 0.2) is 30.3 Å². The third-order valence-corrected chi connectivity index (χ3v) is 4.93. The van der Waals surface area contributed by atoms with Crippen LogP contribution >= 0.6 is 0 Å². The molecular formula is C18H25NO2. The molecule has 3 rings (SSSR count). The molecule has 2 aliphatic rings. The number of carbonyl (C=O) groups excluding carboxylic acids is 1. The Bertz CT molecular complexity index is 454. The smallest absolute Gasteiger partial charge is 0.136 e. The molecule has 0 amide bonds. The van der Waals surface area contributed by atoms with Gasteiger partial charge in [0, 0.05) is 25.4 Å². The number of rotatable bonds is 4.